The van der Waals surface area contributed by atoms with E-state index in [9.17, 15) is 57.8 Å². The molecule has 62 heavy (non-hydrogen) atoms. The standard InChI is InChI=1S/C19H20F4N2O4S.C19H20F3IN2O5S.CH4/c1-10-2-3-15(12(20)6-10)24-18-16(23)13(21)7-14(22)17(18)25-30(28,29)19(4-5-19)8-11(27)9-26;1-30-15-7-13(21)16(22)18(24-14-3-2-10(23)6-12(14)20)17(15)25-31(28,29)19(4-5-19)8-11(27)9-26;/h2-3,6-7,11,24-27H,4-5,8-9H2,1H3;2-3,6-7,11,24-27H,4-5,8-9H2,1H3;1H4. The van der Waals surface area contributed by atoms with E-state index < -0.39 is 118 Å². The summed E-state index contributed by atoms with van der Waals surface area (Å²) in [5, 5.41) is 42.0. The fraction of sp³-hybridized carbons (Fsp3) is 0.385. The van der Waals surface area contributed by atoms with Gasteiger partial charge in [0.25, 0.3) is 0 Å². The first-order valence-electron chi connectivity index (χ1n) is 18.1. The molecule has 8 N–H and O–H groups in total. The molecule has 2 atom stereocenters. The lowest BCUT2D eigenvalue weighted by Crippen LogP contribution is -2.34. The molecular formula is C39H44F7IN4O9S2. The van der Waals surface area contributed by atoms with Gasteiger partial charge in [0, 0.05) is 15.7 Å². The van der Waals surface area contributed by atoms with Crippen LogP contribution in [0.1, 0.15) is 51.5 Å². The van der Waals surface area contributed by atoms with E-state index in [0.29, 0.717) is 15.2 Å². The van der Waals surface area contributed by atoms with Gasteiger partial charge in [0.1, 0.15) is 40.1 Å². The maximum absolute atomic E-state index is 14.7. The van der Waals surface area contributed by atoms with Crippen molar-refractivity contribution in [1.82, 2.24) is 0 Å². The summed E-state index contributed by atoms with van der Waals surface area (Å²) in [6.07, 6.45) is -2.47. The van der Waals surface area contributed by atoms with Crippen molar-refractivity contribution in [3.8, 4) is 5.75 Å². The number of aliphatic hydroxyl groups is 4. The van der Waals surface area contributed by atoms with Crippen LogP contribution in [0.5, 0.6) is 5.75 Å². The number of hydrogen-bond acceptors (Lipinski definition) is 11. The molecular weight excluding hydrogens is 992 g/mol. The van der Waals surface area contributed by atoms with Crippen LogP contribution < -0.4 is 24.8 Å². The highest BCUT2D eigenvalue weighted by molar-refractivity contribution is 14.1. The highest BCUT2D eigenvalue weighted by Crippen LogP contribution is 2.51. The zero-order valence-corrected chi connectivity index (χ0v) is 35.9. The lowest BCUT2D eigenvalue weighted by Gasteiger charge is -2.23. The van der Waals surface area contributed by atoms with Crippen LogP contribution in [-0.2, 0) is 20.0 Å². The molecule has 4 aromatic rings. The Hall–Kier alpha value is -4.14. The average molecular weight is 1040 g/mol. The molecule has 0 saturated heterocycles. The summed E-state index contributed by atoms with van der Waals surface area (Å²) >= 11 is 1.88. The van der Waals surface area contributed by atoms with E-state index in [1.807, 2.05) is 27.3 Å². The van der Waals surface area contributed by atoms with Crippen LogP contribution in [0.3, 0.4) is 0 Å². The van der Waals surface area contributed by atoms with Crippen LogP contribution in [0.4, 0.5) is 64.9 Å². The molecule has 0 spiro atoms. The van der Waals surface area contributed by atoms with Crippen molar-refractivity contribution in [3.05, 3.63) is 98.4 Å². The van der Waals surface area contributed by atoms with Crippen LogP contribution in [0.15, 0.2) is 48.5 Å². The maximum Gasteiger partial charge on any atom is 0.238 e. The quantitative estimate of drug-likeness (QED) is 0.0297. The number of methoxy groups -OCH3 is 1. The van der Waals surface area contributed by atoms with E-state index >= 15 is 0 Å². The number of hydrogen-bond donors (Lipinski definition) is 8. The first-order chi connectivity index (χ1) is 28.5. The summed E-state index contributed by atoms with van der Waals surface area (Å²) in [6.45, 7) is 0.311. The number of ether oxygens (including phenoxy) is 1. The van der Waals surface area contributed by atoms with Crippen LogP contribution in [-0.4, -0.2) is 79.3 Å². The second-order valence-electron chi connectivity index (χ2n) is 14.5. The minimum atomic E-state index is -4.37. The fourth-order valence-electron chi connectivity index (χ4n) is 6.29. The molecule has 2 aliphatic carbocycles. The molecule has 0 aliphatic heterocycles. The summed E-state index contributed by atoms with van der Waals surface area (Å²) in [6, 6.07) is 8.62. The van der Waals surface area contributed by atoms with Gasteiger partial charge < -0.3 is 35.8 Å². The van der Waals surface area contributed by atoms with E-state index in [2.05, 4.69) is 15.4 Å². The maximum atomic E-state index is 14.7. The van der Waals surface area contributed by atoms with Crippen molar-refractivity contribution < 1.29 is 72.7 Å². The van der Waals surface area contributed by atoms with Crippen molar-refractivity contribution in [3.63, 3.8) is 0 Å². The molecule has 4 aromatic carbocycles. The normalized spacial score (nSPS) is 15.8. The number of anilines is 6. The van der Waals surface area contributed by atoms with Gasteiger partial charge in [-0.3, -0.25) is 9.44 Å². The Morgan fingerprint density at radius 3 is 1.52 bits per heavy atom. The van der Waals surface area contributed by atoms with E-state index in [4.69, 9.17) is 14.9 Å². The Morgan fingerprint density at radius 1 is 0.645 bits per heavy atom. The summed E-state index contributed by atoms with van der Waals surface area (Å²) in [4.78, 5) is 0. The molecule has 0 bridgehead atoms. The van der Waals surface area contributed by atoms with Gasteiger partial charge in [-0.05, 0) is 104 Å². The number of benzene rings is 4. The summed E-state index contributed by atoms with van der Waals surface area (Å²) < 4.78 is 159. The Balaban J connectivity index is 0.000000268. The molecule has 0 aromatic heterocycles. The van der Waals surface area contributed by atoms with Crippen molar-refractivity contribution in [2.75, 3.05) is 40.4 Å². The van der Waals surface area contributed by atoms with Gasteiger partial charge in [-0.15, -0.1) is 0 Å². The van der Waals surface area contributed by atoms with Gasteiger partial charge in [0.15, 0.2) is 29.1 Å². The second kappa shape index (κ2) is 19.7. The van der Waals surface area contributed by atoms with Crippen LogP contribution in [0.2, 0.25) is 0 Å². The average Bonchev–Trinajstić information content (AvgIpc) is 4.14. The Kier molecular flexibility index (Phi) is 16.1. The first-order valence-corrected chi connectivity index (χ1v) is 22.2. The van der Waals surface area contributed by atoms with Gasteiger partial charge in [0.2, 0.25) is 20.0 Å². The lowest BCUT2D eigenvalue weighted by atomic mass is 10.2. The Labute approximate surface area is 367 Å². The van der Waals surface area contributed by atoms with E-state index in [1.165, 1.54) is 24.3 Å². The Morgan fingerprint density at radius 2 is 1.08 bits per heavy atom. The molecule has 2 saturated carbocycles. The van der Waals surface area contributed by atoms with Gasteiger partial charge in [0.05, 0.1) is 53.4 Å². The summed E-state index contributed by atoms with van der Waals surface area (Å²) in [7, 11) is -7.46. The molecule has 2 fully saturated rings. The highest BCUT2D eigenvalue weighted by atomic mass is 127. The molecule has 6 rings (SSSR count). The number of halogens is 8. The minimum absolute atomic E-state index is 0. The predicted molar refractivity (Wildman–Crippen MR) is 227 cm³/mol. The highest BCUT2D eigenvalue weighted by Gasteiger charge is 2.57. The zero-order chi connectivity index (χ0) is 45.2. The number of sulfonamides is 2. The van der Waals surface area contributed by atoms with Crippen molar-refractivity contribution in [2.24, 2.45) is 0 Å². The third-order valence-corrected chi connectivity index (χ3v) is 15.1. The van der Waals surface area contributed by atoms with Crippen molar-refractivity contribution in [1.29, 1.82) is 0 Å². The molecule has 23 heteroatoms. The van der Waals surface area contributed by atoms with Gasteiger partial charge in [-0.1, -0.05) is 13.5 Å². The van der Waals surface area contributed by atoms with Crippen LogP contribution >= 0.6 is 22.6 Å². The molecule has 0 amide bonds. The number of nitrogens with one attached hydrogen (secondary N) is 4. The summed E-state index contributed by atoms with van der Waals surface area (Å²) in [5.41, 5.74) is -2.91. The smallest absolute Gasteiger partial charge is 0.238 e. The number of rotatable bonds is 17. The fourth-order valence-corrected chi connectivity index (χ4v) is 10.2. The largest absolute Gasteiger partial charge is 0.494 e. The topological polar surface area (TPSA) is 207 Å². The van der Waals surface area contributed by atoms with Crippen molar-refractivity contribution >= 4 is 76.8 Å². The molecule has 13 nitrogen and oxygen atoms in total. The van der Waals surface area contributed by atoms with E-state index in [0.717, 1.165) is 19.2 Å². The molecule has 342 valence electrons. The van der Waals surface area contributed by atoms with Crippen LogP contribution in [0, 0.1) is 51.2 Å². The monoisotopic (exact) mass is 1040 g/mol. The SMILES string of the molecule is C.COc1cc(F)c(F)c(Nc2ccc(I)cc2F)c1NS(=O)(=O)C1(CC(O)CO)CC1.Cc1ccc(Nc2c(F)c(F)cc(F)c2NS(=O)(=O)C2(CC(O)CO)CC2)c(F)c1. The second-order valence-corrected chi connectivity index (χ2v) is 19.9. The van der Waals surface area contributed by atoms with Gasteiger partial charge in [-0.25, -0.2) is 47.6 Å². The molecule has 0 radical (unpaired) electrons. The lowest BCUT2D eigenvalue weighted by molar-refractivity contribution is 0.0858. The third-order valence-electron chi connectivity index (χ3n) is 10.0. The number of aryl methyl sites for hydroxylation is 1. The van der Waals surface area contributed by atoms with Crippen molar-refractivity contribution in [2.45, 2.75) is 74.6 Å². The Bertz CT molecular complexity index is 2520. The third kappa shape index (κ3) is 11.0. The minimum Gasteiger partial charge on any atom is -0.494 e. The summed E-state index contributed by atoms with van der Waals surface area (Å²) in [5.74, 6) is -9.29. The predicted octanol–water partition coefficient (Wildman–Crippen LogP) is 7.43. The van der Waals surface area contributed by atoms with Crippen LogP contribution in [0.25, 0.3) is 0 Å². The van der Waals surface area contributed by atoms with Gasteiger partial charge >= 0.3 is 0 Å². The molecule has 0 heterocycles. The number of aliphatic hydroxyl groups excluding tert-OH is 4. The first kappa shape index (κ1) is 50.5. The van der Waals surface area contributed by atoms with E-state index in [-0.39, 0.29) is 69.1 Å². The van der Waals surface area contributed by atoms with E-state index in [1.54, 1.807) is 6.92 Å². The zero-order valence-electron chi connectivity index (χ0n) is 32.1. The molecule has 2 aliphatic rings. The molecule has 2 unspecified atom stereocenters. The van der Waals surface area contributed by atoms with Gasteiger partial charge in [-0.2, -0.15) is 0 Å².